The first kappa shape index (κ1) is 14.2. The smallest absolute Gasteiger partial charge is 0.279 e. The zero-order chi connectivity index (χ0) is 12.0. The molecule has 0 aromatic rings. The fourth-order valence-corrected chi connectivity index (χ4v) is 3.92. The first-order valence-electron chi connectivity index (χ1n) is 5.57. The first-order chi connectivity index (χ1) is 7.56. The van der Waals surface area contributed by atoms with Crippen LogP contribution < -0.4 is 10.5 Å². The molecule has 1 saturated heterocycles. The molecule has 16 heavy (non-hydrogen) atoms. The second kappa shape index (κ2) is 6.80. The van der Waals surface area contributed by atoms with E-state index < -0.39 is 10.2 Å². The van der Waals surface area contributed by atoms with E-state index >= 15 is 0 Å². The third-order valence-corrected chi connectivity index (χ3v) is 5.41. The van der Waals surface area contributed by atoms with Crippen molar-refractivity contribution in [2.75, 3.05) is 31.6 Å². The van der Waals surface area contributed by atoms with Crippen molar-refractivity contribution in [2.24, 2.45) is 5.73 Å². The second-order valence-electron chi connectivity index (χ2n) is 4.00. The molecular formula is C9H21N3O2S2. The summed E-state index contributed by atoms with van der Waals surface area (Å²) in [5.41, 5.74) is 5.36. The molecule has 1 atom stereocenters. The van der Waals surface area contributed by atoms with E-state index in [-0.39, 0.29) is 6.04 Å². The van der Waals surface area contributed by atoms with Crippen molar-refractivity contribution in [3.63, 3.8) is 0 Å². The highest BCUT2D eigenvalue weighted by molar-refractivity contribution is 7.99. The molecule has 0 aliphatic carbocycles. The molecule has 0 spiro atoms. The summed E-state index contributed by atoms with van der Waals surface area (Å²) in [7, 11) is -1.73. The van der Waals surface area contributed by atoms with Gasteiger partial charge >= 0.3 is 0 Å². The highest BCUT2D eigenvalue weighted by Crippen LogP contribution is 2.17. The summed E-state index contributed by atoms with van der Waals surface area (Å²) >= 11 is 1.81. The van der Waals surface area contributed by atoms with Crippen LogP contribution in [0.15, 0.2) is 0 Å². The summed E-state index contributed by atoms with van der Waals surface area (Å²) < 4.78 is 27.8. The Balaban J connectivity index is 2.42. The van der Waals surface area contributed by atoms with E-state index in [2.05, 4.69) is 4.72 Å². The van der Waals surface area contributed by atoms with Gasteiger partial charge < -0.3 is 5.73 Å². The molecule has 0 saturated carbocycles. The molecule has 0 amide bonds. The molecule has 96 valence electrons. The Kier molecular flexibility index (Phi) is 6.06. The molecule has 1 rings (SSSR count). The average molecular weight is 267 g/mol. The standard InChI is InChI=1S/C9H21N3O2S2/c1-12(6-3-5-10)16(13,14)11-9-4-2-7-15-8-9/h9,11H,2-8,10H2,1H3. The quantitative estimate of drug-likeness (QED) is 0.710. The molecule has 5 nitrogen and oxygen atoms in total. The monoisotopic (exact) mass is 267 g/mol. The maximum absolute atomic E-state index is 11.9. The number of thioether (sulfide) groups is 1. The van der Waals surface area contributed by atoms with E-state index in [4.69, 9.17) is 5.73 Å². The van der Waals surface area contributed by atoms with Crippen molar-refractivity contribution in [3.05, 3.63) is 0 Å². The molecule has 3 N–H and O–H groups in total. The molecule has 0 bridgehead atoms. The van der Waals surface area contributed by atoms with Gasteiger partial charge in [-0.1, -0.05) is 0 Å². The number of nitrogens with one attached hydrogen (secondary N) is 1. The number of hydrogen-bond acceptors (Lipinski definition) is 4. The minimum atomic E-state index is -3.32. The van der Waals surface area contributed by atoms with Gasteiger partial charge in [-0.3, -0.25) is 0 Å². The van der Waals surface area contributed by atoms with Crippen molar-refractivity contribution in [2.45, 2.75) is 25.3 Å². The predicted octanol–water partition coefficient (Wildman–Crippen LogP) is -0.00300. The molecule has 1 aliphatic heterocycles. The zero-order valence-electron chi connectivity index (χ0n) is 9.68. The molecule has 1 aliphatic rings. The van der Waals surface area contributed by atoms with Crippen LogP contribution in [0.5, 0.6) is 0 Å². The summed E-state index contributed by atoms with van der Waals surface area (Å²) in [6.45, 7) is 0.991. The second-order valence-corrected chi connectivity index (χ2v) is 6.96. The van der Waals surface area contributed by atoms with Gasteiger partial charge in [0.05, 0.1) is 0 Å². The Labute approximate surface area is 102 Å². The molecule has 1 fully saturated rings. The Bertz CT molecular complexity index is 289. The maximum Gasteiger partial charge on any atom is 0.279 e. The van der Waals surface area contributed by atoms with Gasteiger partial charge in [-0.25, -0.2) is 0 Å². The molecule has 0 aromatic carbocycles. The lowest BCUT2D eigenvalue weighted by molar-refractivity contribution is 0.440. The minimum Gasteiger partial charge on any atom is -0.330 e. The van der Waals surface area contributed by atoms with E-state index in [0.717, 1.165) is 24.3 Å². The molecule has 1 heterocycles. The van der Waals surface area contributed by atoms with Crippen molar-refractivity contribution < 1.29 is 8.42 Å². The lowest BCUT2D eigenvalue weighted by Crippen LogP contribution is -2.46. The van der Waals surface area contributed by atoms with Crippen LogP contribution in [0.3, 0.4) is 0 Å². The predicted molar refractivity (Wildman–Crippen MR) is 68.7 cm³/mol. The lowest BCUT2D eigenvalue weighted by Gasteiger charge is -2.25. The van der Waals surface area contributed by atoms with E-state index in [0.29, 0.717) is 19.5 Å². The largest absolute Gasteiger partial charge is 0.330 e. The molecule has 7 heteroatoms. The molecule has 1 unspecified atom stereocenters. The third-order valence-electron chi connectivity index (χ3n) is 2.56. The third kappa shape index (κ3) is 4.58. The summed E-state index contributed by atoms with van der Waals surface area (Å²) in [5, 5.41) is 0. The summed E-state index contributed by atoms with van der Waals surface area (Å²) in [5.74, 6) is 2.02. The summed E-state index contributed by atoms with van der Waals surface area (Å²) in [6.07, 6.45) is 2.72. The van der Waals surface area contributed by atoms with Gasteiger partial charge in [0.25, 0.3) is 10.2 Å². The summed E-state index contributed by atoms with van der Waals surface area (Å²) in [4.78, 5) is 0. The molecular weight excluding hydrogens is 246 g/mol. The van der Waals surface area contributed by atoms with Crippen molar-refractivity contribution in [1.82, 2.24) is 9.03 Å². The van der Waals surface area contributed by atoms with Crippen molar-refractivity contribution >= 4 is 22.0 Å². The van der Waals surface area contributed by atoms with E-state index in [1.54, 1.807) is 7.05 Å². The molecule has 0 radical (unpaired) electrons. The van der Waals surface area contributed by atoms with Gasteiger partial charge in [0.15, 0.2) is 0 Å². The van der Waals surface area contributed by atoms with Crippen LogP contribution >= 0.6 is 11.8 Å². The van der Waals surface area contributed by atoms with Crippen LogP contribution in [-0.4, -0.2) is 50.4 Å². The van der Waals surface area contributed by atoms with Gasteiger partial charge in [-0.05, 0) is 31.6 Å². The molecule has 0 aromatic heterocycles. The Hall–Kier alpha value is 0.180. The fourth-order valence-electron chi connectivity index (χ4n) is 1.57. The first-order valence-corrected chi connectivity index (χ1v) is 8.17. The van der Waals surface area contributed by atoms with Crippen LogP contribution in [-0.2, 0) is 10.2 Å². The lowest BCUT2D eigenvalue weighted by atomic mass is 10.2. The number of nitrogens with two attached hydrogens (primary N) is 1. The van der Waals surface area contributed by atoms with E-state index in [1.165, 1.54) is 4.31 Å². The highest BCUT2D eigenvalue weighted by atomic mass is 32.2. The normalized spacial score (nSPS) is 22.6. The van der Waals surface area contributed by atoms with Gasteiger partial charge in [-0.2, -0.15) is 29.2 Å². The van der Waals surface area contributed by atoms with Crippen LogP contribution in [0.1, 0.15) is 19.3 Å². The zero-order valence-corrected chi connectivity index (χ0v) is 11.3. The SMILES string of the molecule is CN(CCCN)S(=O)(=O)NC1CCCSC1. The average Bonchev–Trinajstić information content (AvgIpc) is 2.26. The van der Waals surface area contributed by atoms with Crippen molar-refractivity contribution in [3.8, 4) is 0 Å². The van der Waals surface area contributed by atoms with Gasteiger partial charge in [0.2, 0.25) is 0 Å². The number of rotatable bonds is 6. The van der Waals surface area contributed by atoms with Crippen LogP contribution in [0.2, 0.25) is 0 Å². The topological polar surface area (TPSA) is 75.4 Å². The highest BCUT2D eigenvalue weighted by Gasteiger charge is 2.23. The number of nitrogens with zero attached hydrogens (tertiary/aromatic N) is 1. The fraction of sp³-hybridized carbons (Fsp3) is 1.00. The Morgan fingerprint density at radius 3 is 2.88 bits per heavy atom. The summed E-state index contributed by atoms with van der Waals surface area (Å²) in [6, 6.07) is 0.0871. The van der Waals surface area contributed by atoms with E-state index in [1.807, 2.05) is 11.8 Å². The van der Waals surface area contributed by atoms with Crippen LogP contribution in [0, 0.1) is 0 Å². The Morgan fingerprint density at radius 2 is 2.31 bits per heavy atom. The van der Waals surface area contributed by atoms with Crippen LogP contribution in [0.25, 0.3) is 0 Å². The van der Waals surface area contributed by atoms with Gasteiger partial charge in [0, 0.05) is 25.4 Å². The number of hydrogen-bond donors (Lipinski definition) is 2. The van der Waals surface area contributed by atoms with Crippen molar-refractivity contribution in [1.29, 1.82) is 0 Å². The van der Waals surface area contributed by atoms with Gasteiger partial charge in [0.1, 0.15) is 0 Å². The minimum absolute atomic E-state index is 0.0871. The van der Waals surface area contributed by atoms with Crippen LogP contribution in [0.4, 0.5) is 0 Å². The Morgan fingerprint density at radius 1 is 1.56 bits per heavy atom. The maximum atomic E-state index is 11.9. The van der Waals surface area contributed by atoms with E-state index in [9.17, 15) is 8.42 Å². The van der Waals surface area contributed by atoms with Gasteiger partial charge in [-0.15, -0.1) is 0 Å².